The van der Waals surface area contributed by atoms with E-state index < -0.39 is 0 Å². The van der Waals surface area contributed by atoms with Gasteiger partial charge < -0.3 is 5.43 Å². The summed E-state index contributed by atoms with van der Waals surface area (Å²) in [7, 11) is 0. The molecule has 2 rings (SSSR count). The summed E-state index contributed by atoms with van der Waals surface area (Å²) in [5, 5.41) is 1.52. The summed E-state index contributed by atoms with van der Waals surface area (Å²) in [4.78, 5) is 17.2. The highest BCUT2D eigenvalue weighted by Crippen LogP contribution is 2.29. The maximum atomic E-state index is 5.46. The molecule has 0 amide bonds. The minimum atomic E-state index is 0.643. The Morgan fingerprint density at radius 3 is 2.47 bits per heavy atom. The SMILES string of the molecule is CCc1c(NN)ncnc1Sc1nc(C)cc(C)n1. The van der Waals surface area contributed by atoms with Crippen LogP contribution in [0.2, 0.25) is 0 Å². The van der Waals surface area contributed by atoms with Crippen molar-refractivity contribution in [2.75, 3.05) is 5.43 Å². The molecule has 0 atom stereocenters. The molecule has 100 valence electrons. The van der Waals surface area contributed by atoms with Crippen LogP contribution in [0.5, 0.6) is 0 Å². The number of aromatic nitrogens is 4. The molecule has 0 fully saturated rings. The Balaban J connectivity index is 2.37. The smallest absolute Gasteiger partial charge is 0.194 e. The van der Waals surface area contributed by atoms with Crippen LogP contribution >= 0.6 is 11.8 Å². The third-order valence-corrected chi connectivity index (χ3v) is 3.46. The molecule has 6 nitrogen and oxygen atoms in total. The first-order valence-electron chi connectivity index (χ1n) is 5.94. The molecule has 0 aliphatic rings. The fraction of sp³-hybridized carbons (Fsp3) is 0.333. The zero-order valence-corrected chi connectivity index (χ0v) is 12.0. The van der Waals surface area contributed by atoms with E-state index in [1.165, 1.54) is 18.1 Å². The molecular formula is C12H16N6S. The third-order valence-electron chi connectivity index (χ3n) is 2.55. The van der Waals surface area contributed by atoms with Gasteiger partial charge in [-0.15, -0.1) is 0 Å². The number of aryl methyl sites for hydroxylation is 2. The van der Waals surface area contributed by atoms with Crippen molar-refractivity contribution in [1.29, 1.82) is 0 Å². The molecule has 3 N–H and O–H groups in total. The zero-order valence-electron chi connectivity index (χ0n) is 11.1. The standard InChI is InChI=1S/C12H16N6S/c1-4-9-10(18-13)14-6-15-11(9)19-12-16-7(2)5-8(3)17-12/h5-6H,4,13H2,1-3H3,(H,14,15,18). The Morgan fingerprint density at radius 2 is 1.89 bits per heavy atom. The second-order valence-corrected chi connectivity index (χ2v) is 5.00. The summed E-state index contributed by atoms with van der Waals surface area (Å²) >= 11 is 1.43. The van der Waals surface area contributed by atoms with Crippen LogP contribution in [-0.2, 0) is 6.42 Å². The average Bonchev–Trinajstić information content (AvgIpc) is 2.37. The number of anilines is 1. The van der Waals surface area contributed by atoms with Crippen molar-refractivity contribution in [3.05, 3.63) is 29.3 Å². The molecule has 0 aliphatic carbocycles. The summed E-state index contributed by atoms with van der Waals surface area (Å²) in [6.45, 7) is 5.94. The third kappa shape index (κ3) is 3.18. The maximum absolute atomic E-state index is 5.46. The minimum Gasteiger partial charge on any atom is -0.308 e. The van der Waals surface area contributed by atoms with E-state index in [1.54, 1.807) is 0 Å². The van der Waals surface area contributed by atoms with Crippen LogP contribution in [0.3, 0.4) is 0 Å². The van der Waals surface area contributed by atoms with Crippen LogP contribution in [0, 0.1) is 13.8 Å². The molecular weight excluding hydrogens is 260 g/mol. The average molecular weight is 276 g/mol. The molecule has 19 heavy (non-hydrogen) atoms. The van der Waals surface area contributed by atoms with Crippen LogP contribution in [0.15, 0.2) is 22.6 Å². The second kappa shape index (κ2) is 5.94. The van der Waals surface area contributed by atoms with Crippen molar-refractivity contribution < 1.29 is 0 Å². The molecule has 0 aliphatic heterocycles. The predicted octanol–water partition coefficient (Wildman–Crippen LogP) is 1.88. The largest absolute Gasteiger partial charge is 0.308 e. The van der Waals surface area contributed by atoms with E-state index in [4.69, 9.17) is 5.84 Å². The van der Waals surface area contributed by atoms with Crippen molar-refractivity contribution in [3.63, 3.8) is 0 Å². The van der Waals surface area contributed by atoms with E-state index in [1.807, 2.05) is 26.8 Å². The molecule has 0 bridgehead atoms. The molecule has 0 unspecified atom stereocenters. The lowest BCUT2D eigenvalue weighted by molar-refractivity contribution is 0.888. The zero-order chi connectivity index (χ0) is 13.8. The van der Waals surface area contributed by atoms with Gasteiger partial charge in [0.25, 0.3) is 0 Å². The van der Waals surface area contributed by atoms with Gasteiger partial charge in [-0.25, -0.2) is 25.8 Å². The lowest BCUT2D eigenvalue weighted by Gasteiger charge is -2.10. The first-order chi connectivity index (χ1) is 9.13. The minimum absolute atomic E-state index is 0.643. The Kier molecular flexibility index (Phi) is 4.28. The first kappa shape index (κ1) is 13.7. The Hall–Kier alpha value is -1.73. The van der Waals surface area contributed by atoms with Crippen molar-refractivity contribution in [2.45, 2.75) is 37.4 Å². The highest BCUT2D eigenvalue weighted by molar-refractivity contribution is 7.99. The number of hydrogen-bond donors (Lipinski definition) is 2. The molecule has 2 aromatic heterocycles. The van der Waals surface area contributed by atoms with Gasteiger partial charge in [-0.3, -0.25) is 0 Å². The van der Waals surface area contributed by atoms with E-state index in [0.717, 1.165) is 28.4 Å². The van der Waals surface area contributed by atoms with Crippen molar-refractivity contribution >= 4 is 17.6 Å². The monoisotopic (exact) mass is 276 g/mol. The van der Waals surface area contributed by atoms with Gasteiger partial charge in [-0.2, -0.15) is 0 Å². The molecule has 0 saturated carbocycles. The molecule has 0 aromatic carbocycles. The van der Waals surface area contributed by atoms with E-state index in [9.17, 15) is 0 Å². The number of nitrogens with zero attached hydrogens (tertiary/aromatic N) is 4. The molecule has 0 saturated heterocycles. The van der Waals surface area contributed by atoms with Gasteiger partial charge in [0.1, 0.15) is 17.2 Å². The quantitative estimate of drug-likeness (QED) is 0.381. The molecule has 0 spiro atoms. The lowest BCUT2D eigenvalue weighted by atomic mass is 10.2. The molecule has 2 heterocycles. The first-order valence-corrected chi connectivity index (χ1v) is 6.76. The van der Waals surface area contributed by atoms with Gasteiger partial charge in [0.05, 0.1) is 0 Å². The summed E-state index contributed by atoms with van der Waals surface area (Å²) < 4.78 is 0. The number of hydrazine groups is 1. The normalized spacial score (nSPS) is 10.5. The topological polar surface area (TPSA) is 89.6 Å². The van der Waals surface area contributed by atoms with E-state index in [0.29, 0.717) is 11.0 Å². The summed E-state index contributed by atoms with van der Waals surface area (Å²) in [5.41, 5.74) is 5.45. The van der Waals surface area contributed by atoms with E-state index in [-0.39, 0.29) is 0 Å². The van der Waals surface area contributed by atoms with Crippen LogP contribution in [0.1, 0.15) is 23.9 Å². The van der Waals surface area contributed by atoms with Crippen molar-refractivity contribution in [1.82, 2.24) is 19.9 Å². The van der Waals surface area contributed by atoms with Gasteiger partial charge in [0.2, 0.25) is 0 Å². The van der Waals surface area contributed by atoms with Crippen LogP contribution in [0.25, 0.3) is 0 Å². The summed E-state index contributed by atoms with van der Waals surface area (Å²) in [5.74, 6) is 6.10. The van der Waals surface area contributed by atoms with Gasteiger partial charge >= 0.3 is 0 Å². The molecule has 2 aromatic rings. The number of nitrogens with one attached hydrogen (secondary N) is 1. The Morgan fingerprint density at radius 1 is 1.21 bits per heavy atom. The number of nitrogens with two attached hydrogens (primary N) is 1. The fourth-order valence-corrected chi connectivity index (χ4v) is 2.77. The summed E-state index contributed by atoms with van der Waals surface area (Å²) in [6, 6.07) is 1.94. The number of nitrogen functional groups attached to an aromatic ring is 1. The molecule has 7 heteroatoms. The van der Waals surface area contributed by atoms with Crippen LogP contribution in [-0.4, -0.2) is 19.9 Å². The van der Waals surface area contributed by atoms with Gasteiger partial charge in [-0.1, -0.05) is 6.92 Å². The highest BCUT2D eigenvalue weighted by atomic mass is 32.2. The van der Waals surface area contributed by atoms with Crippen LogP contribution < -0.4 is 11.3 Å². The van der Waals surface area contributed by atoms with Gasteiger partial charge in [0, 0.05) is 17.0 Å². The fourth-order valence-electron chi connectivity index (χ4n) is 1.75. The number of hydrogen-bond acceptors (Lipinski definition) is 7. The Labute approximate surface area is 116 Å². The number of rotatable bonds is 4. The lowest BCUT2D eigenvalue weighted by Crippen LogP contribution is -2.12. The molecule has 0 radical (unpaired) electrons. The van der Waals surface area contributed by atoms with Gasteiger partial charge in [0.15, 0.2) is 5.16 Å². The van der Waals surface area contributed by atoms with Crippen molar-refractivity contribution in [2.24, 2.45) is 5.84 Å². The van der Waals surface area contributed by atoms with E-state index in [2.05, 4.69) is 25.4 Å². The summed E-state index contributed by atoms with van der Waals surface area (Å²) in [6.07, 6.45) is 2.27. The second-order valence-electron chi connectivity index (χ2n) is 4.04. The maximum Gasteiger partial charge on any atom is 0.194 e. The van der Waals surface area contributed by atoms with Crippen molar-refractivity contribution in [3.8, 4) is 0 Å². The van der Waals surface area contributed by atoms with Gasteiger partial charge in [-0.05, 0) is 38.1 Å². The van der Waals surface area contributed by atoms with E-state index >= 15 is 0 Å². The highest BCUT2D eigenvalue weighted by Gasteiger charge is 2.12. The van der Waals surface area contributed by atoms with Crippen LogP contribution in [0.4, 0.5) is 5.82 Å². The predicted molar refractivity (Wildman–Crippen MR) is 74.8 cm³/mol. The Bertz CT molecular complexity index is 566.